The number of likely N-dealkylation sites (tertiary alicyclic amines) is 1. The van der Waals surface area contributed by atoms with Gasteiger partial charge in [0.2, 0.25) is 5.91 Å². The first-order valence-corrected chi connectivity index (χ1v) is 8.40. The van der Waals surface area contributed by atoms with E-state index < -0.39 is 0 Å². The van der Waals surface area contributed by atoms with Gasteiger partial charge in [-0.25, -0.2) is 4.98 Å². The Kier molecular flexibility index (Phi) is 5.56. The van der Waals surface area contributed by atoms with Gasteiger partial charge >= 0.3 is 0 Å². The molecule has 132 valence electrons. The number of hydrogen-bond donors (Lipinski definition) is 1. The zero-order valence-electron chi connectivity index (χ0n) is 14.7. The van der Waals surface area contributed by atoms with Gasteiger partial charge in [-0.3, -0.25) is 4.79 Å². The fraction of sp³-hybridized carbons (Fsp3) is 0.556. The van der Waals surface area contributed by atoms with Crippen molar-refractivity contribution in [2.75, 3.05) is 13.1 Å². The Morgan fingerprint density at radius 2 is 2.08 bits per heavy atom. The average molecular weight is 351 g/mol. The maximum Gasteiger partial charge on any atom is 0.242 e. The number of benzene rings is 1. The molecule has 1 aliphatic rings. The molecule has 24 heavy (non-hydrogen) atoms. The van der Waals surface area contributed by atoms with Crippen LogP contribution < -0.4 is 5.73 Å². The summed E-state index contributed by atoms with van der Waals surface area (Å²) in [7, 11) is 0. The molecule has 1 unspecified atom stereocenters. The normalized spacial score (nSPS) is 20.0. The summed E-state index contributed by atoms with van der Waals surface area (Å²) in [6.45, 7) is 8.18. The lowest BCUT2D eigenvalue weighted by atomic mass is 9.79. The molecule has 2 heterocycles. The van der Waals surface area contributed by atoms with Crippen LogP contribution >= 0.6 is 12.4 Å². The van der Waals surface area contributed by atoms with Crippen molar-refractivity contribution in [3.63, 3.8) is 0 Å². The molecule has 1 aromatic carbocycles. The highest BCUT2D eigenvalue weighted by Gasteiger charge is 2.35. The number of carbonyl (C=O) groups is 1. The highest BCUT2D eigenvalue weighted by atomic mass is 35.5. The summed E-state index contributed by atoms with van der Waals surface area (Å²) >= 11 is 0. The smallest absolute Gasteiger partial charge is 0.242 e. The highest BCUT2D eigenvalue weighted by Crippen LogP contribution is 2.28. The van der Waals surface area contributed by atoms with Gasteiger partial charge in [-0.05, 0) is 24.0 Å². The molecule has 3 rings (SSSR count). The minimum absolute atomic E-state index is 0. The molecule has 2 N–H and O–H groups in total. The Morgan fingerprint density at radius 3 is 2.75 bits per heavy atom. The zero-order valence-corrected chi connectivity index (χ0v) is 15.5. The number of rotatable bonds is 3. The molecule has 5 nitrogen and oxygen atoms in total. The molecule has 0 saturated carbocycles. The van der Waals surface area contributed by atoms with Gasteiger partial charge in [0.05, 0.1) is 11.0 Å². The van der Waals surface area contributed by atoms with Crippen LogP contribution in [0.1, 0.15) is 33.0 Å². The number of piperidine rings is 1. The average Bonchev–Trinajstić information content (AvgIpc) is 2.88. The first kappa shape index (κ1) is 18.7. The molecule has 1 aromatic heterocycles. The number of aryl methyl sites for hydroxylation is 1. The van der Waals surface area contributed by atoms with Gasteiger partial charge in [-0.1, -0.05) is 32.9 Å². The van der Waals surface area contributed by atoms with E-state index in [1.54, 1.807) is 0 Å². The SMILES string of the molecule is CCc1nc2ccccc2n1CC(=O)N1CCC(N)C(C)(C)C1.Cl. The molecule has 0 bridgehead atoms. The third kappa shape index (κ3) is 3.42. The lowest BCUT2D eigenvalue weighted by Crippen LogP contribution is -2.54. The van der Waals surface area contributed by atoms with Crippen molar-refractivity contribution in [3.8, 4) is 0 Å². The number of amides is 1. The summed E-state index contributed by atoms with van der Waals surface area (Å²) < 4.78 is 2.05. The van der Waals surface area contributed by atoms with Crippen LogP contribution in [0, 0.1) is 5.41 Å². The number of fused-ring (bicyclic) bond motifs is 1. The van der Waals surface area contributed by atoms with E-state index in [-0.39, 0.29) is 29.8 Å². The molecular weight excluding hydrogens is 324 g/mol. The van der Waals surface area contributed by atoms with E-state index in [0.29, 0.717) is 6.54 Å². The molecule has 0 aliphatic carbocycles. The maximum absolute atomic E-state index is 12.8. The van der Waals surface area contributed by atoms with E-state index in [1.807, 2.05) is 29.2 Å². The number of nitrogens with zero attached hydrogens (tertiary/aromatic N) is 3. The Morgan fingerprint density at radius 1 is 1.38 bits per heavy atom. The minimum atomic E-state index is -0.0293. The van der Waals surface area contributed by atoms with Gasteiger partial charge in [0.1, 0.15) is 12.4 Å². The van der Waals surface area contributed by atoms with Crippen LogP contribution in [0.15, 0.2) is 24.3 Å². The van der Waals surface area contributed by atoms with Crippen molar-refractivity contribution in [2.45, 2.75) is 46.2 Å². The molecule has 1 aliphatic heterocycles. The number of carbonyl (C=O) groups excluding carboxylic acids is 1. The Labute approximate surface area is 149 Å². The summed E-state index contributed by atoms with van der Waals surface area (Å²) in [4.78, 5) is 19.4. The standard InChI is InChI=1S/C18H26N4O.ClH/c1-4-16-20-13-7-5-6-8-14(13)22(16)11-17(23)21-10-9-15(19)18(2,3)12-21;/h5-8,15H,4,9-12,19H2,1-3H3;1H. The van der Waals surface area contributed by atoms with Crippen LogP contribution in [-0.2, 0) is 17.8 Å². The summed E-state index contributed by atoms with van der Waals surface area (Å²) in [5.74, 6) is 1.12. The van der Waals surface area contributed by atoms with Crippen molar-refractivity contribution in [2.24, 2.45) is 11.1 Å². The van der Waals surface area contributed by atoms with Gasteiger partial charge < -0.3 is 15.2 Å². The van der Waals surface area contributed by atoms with Gasteiger partial charge in [0.25, 0.3) is 0 Å². The lowest BCUT2D eigenvalue weighted by molar-refractivity contribution is -0.135. The number of hydrogen-bond acceptors (Lipinski definition) is 3. The molecule has 2 aromatic rings. The lowest BCUT2D eigenvalue weighted by Gasteiger charge is -2.42. The van der Waals surface area contributed by atoms with E-state index in [0.717, 1.165) is 42.8 Å². The molecule has 1 fully saturated rings. The topological polar surface area (TPSA) is 64.2 Å². The van der Waals surface area contributed by atoms with E-state index in [9.17, 15) is 4.79 Å². The maximum atomic E-state index is 12.8. The van der Waals surface area contributed by atoms with E-state index in [1.165, 1.54) is 0 Å². The van der Waals surface area contributed by atoms with E-state index >= 15 is 0 Å². The van der Waals surface area contributed by atoms with Crippen molar-refractivity contribution in [1.29, 1.82) is 0 Å². The molecule has 6 heteroatoms. The molecule has 1 amide bonds. The molecule has 1 saturated heterocycles. The third-order valence-corrected chi connectivity index (χ3v) is 5.01. The molecule has 0 spiro atoms. The Bertz CT molecular complexity index is 725. The monoisotopic (exact) mass is 350 g/mol. The quantitative estimate of drug-likeness (QED) is 0.925. The van der Waals surface area contributed by atoms with Crippen molar-refractivity contribution >= 4 is 29.3 Å². The predicted octanol–water partition coefficient (Wildman–Crippen LogP) is 2.61. The number of nitrogens with two attached hydrogens (primary N) is 1. The molecule has 1 atom stereocenters. The second kappa shape index (κ2) is 7.11. The Balaban J connectivity index is 0.00000208. The van der Waals surface area contributed by atoms with Crippen LogP contribution in [0.3, 0.4) is 0 Å². The Hall–Kier alpha value is -1.59. The number of imidazole rings is 1. The van der Waals surface area contributed by atoms with Crippen LogP contribution in [-0.4, -0.2) is 39.5 Å². The van der Waals surface area contributed by atoms with Crippen LogP contribution in [0.2, 0.25) is 0 Å². The van der Waals surface area contributed by atoms with Gasteiger partial charge in [-0.15, -0.1) is 12.4 Å². The number of para-hydroxylation sites is 2. The largest absolute Gasteiger partial charge is 0.340 e. The fourth-order valence-electron chi connectivity index (χ4n) is 3.39. The summed E-state index contributed by atoms with van der Waals surface area (Å²) in [6.07, 6.45) is 1.68. The first-order chi connectivity index (χ1) is 10.9. The van der Waals surface area contributed by atoms with E-state index in [2.05, 4.69) is 30.3 Å². The van der Waals surface area contributed by atoms with Crippen LogP contribution in [0.5, 0.6) is 0 Å². The van der Waals surface area contributed by atoms with Gasteiger partial charge in [0.15, 0.2) is 0 Å². The van der Waals surface area contributed by atoms with Crippen molar-refractivity contribution < 1.29 is 4.79 Å². The van der Waals surface area contributed by atoms with Crippen LogP contribution in [0.25, 0.3) is 11.0 Å². The summed E-state index contributed by atoms with van der Waals surface area (Å²) in [5, 5.41) is 0. The molecule has 0 radical (unpaired) electrons. The highest BCUT2D eigenvalue weighted by molar-refractivity contribution is 5.85. The number of aromatic nitrogens is 2. The minimum Gasteiger partial charge on any atom is -0.340 e. The van der Waals surface area contributed by atoms with Gasteiger partial charge in [-0.2, -0.15) is 0 Å². The zero-order chi connectivity index (χ0) is 16.6. The second-order valence-electron chi connectivity index (χ2n) is 7.16. The van der Waals surface area contributed by atoms with Gasteiger partial charge in [0, 0.05) is 25.6 Å². The third-order valence-electron chi connectivity index (χ3n) is 5.01. The summed E-state index contributed by atoms with van der Waals surface area (Å²) in [5.41, 5.74) is 8.14. The molecular formula is C18H27ClN4O. The first-order valence-electron chi connectivity index (χ1n) is 8.40. The van der Waals surface area contributed by atoms with Crippen LogP contribution in [0.4, 0.5) is 0 Å². The van der Waals surface area contributed by atoms with Crippen molar-refractivity contribution in [1.82, 2.24) is 14.5 Å². The summed E-state index contributed by atoms with van der Waals surface area (Å²) in [6, 6.07) is 8.17. The fourth-order valence-corrected chi connectivity index (χ4v) is 3.39. The number of halogens is 1. The second-order valence-corrected chi connectivity index (χ2v) is 7.16. The predicted molar refractivity (Wildman–Crippen MR) is 99.3 cm³/mol. The van der Waals surface area contributed by atoms with Crippen molar-refractivity contribution in [3.05, 3.63) is 30.1 Å². The van der Waals surface area contributed by atoms with E-state index in [4.69, 9.17) is 5.73 Å².